The lowest BCUT2D eigenvalue weighted by atomic mass is 9.99. The maximum absolute atomic E-state index is 12.4. The molecule has 2 aliphatic rings. The average Bonchev–Trinajstić information content (AvgIpc) is 2.98. The Bertz CT molecular complexity index is 724. The molecule has 7 nitrogen and oxygen atoms in total. The van der Waals surface area contributed by atoms with Gasteiger partial charge in [0.05, 0.1) is 0 Å². The van der Waals surface area contributed by atoms with Gasteiger partial charge in [0, 0.05) is 56.1 Å². The van der Waals surface area contributed by atoms with E-state index < -0.39 is 0 Å². The number of carbonyl (C=O) groups excluding carboxylic acids is 1. The van der Waals surface area contributed by atoms with E-state index in [9.17, 15) is 4.79 Å². The molecular weight excluding hydrogens is 318 g/mol. The van der Waals surface area contributed by atoms with Crippen LogP contribution < -0.4 is 5.32 Å². The largest absolute Gasteiger partial charge is 0.381 e. The van der Waals surface area contributed by atoms with Gasteiger partial charge in [0.15, 0.2) is 0 Å². The first-order valence-corrected chi connectivity index (χ1v) is 9.02. The summed E-state index contributed by atoms with van der Waals surface area (Å²) >= 11 is 0. The maximum Gasteiger partial charge on any atom is 0.251 e. The van der Waals surface area contributed by atoms with Crippen molar-refractivity contribution in [3.63, 3.8) is 0 Å². The molecule has 4 heterocycles. The van der Waals surface area contributed by atoms with Gasteiger partial charge in [0.2, 0.25) is 0 Å². The summed E-state index contributed by atoms with van der Waals surface area (Å²) in [6.45, 7) is 2.46. The molecular formula is C18H23N5O2. The van der Waals surface area contributed by atoms with Crippen LogP contribution in [0.25, 0.3) is 0 Å². The van der Waals surface area contributed by atoms with Crippen molar-refractivity contribution in [1.29, 1.82) is 0 Å². The highest BCUT2D eigenvalue weighted by Crippen LogP contribution is 2.27. The topological polar surface area (TPSA) is 81.9 Å². The van der Waals surface area contributed by atoms with Gasteiger partial charge in [-0.3, -0.25) is 9.78 Å². The Kier molecular flexibility index (Phi) is 4.74. The molecule has 2 aromatic heterocycles. The molecule has 1 fully saturated rings. The molecule has 1 atom stereocenters. The zero-order valence-corrected chi connectivity index (χ0v) is 14.2. The fourth-order valence-electron chi connectivity index (χ4n) is 3.68. The van der Waals surface area contributed by atoms with Crippen molar-refractivity contribution in [3.05, 3.63) is 41.7 Å². The molecule has 2 aliphatic heterocycles. The van der Waals surface area contributed by atoms with Crippen LogP contribution in [0.2, 0.25) is 0 Å². The SMILES string of the molecule is O=C(NC1CCc2nnc(C3CCOCC3)n2CC1)c1ccncc1. The molecule has 0 saturated carbocycles. The first-order valence-electron chi connectivity index (χ1n) is 9.02. The van der Waals surface area contributed by atoms with E-state index in [1.54, 1.807) is 24.5 Å². The third-order valence-corrected chi connectivity index (χ3v) is 5.14. The van der Waals surface area contributed by atoms with Crippen molar-refractivity contribution in [3.8, 4) is 0 Å². The molecule has 4 rings (SSSR count). The molecule has 2 aromatic rings. The highest BCUT2D eigenvalue weighted by Gasteiger charge is 2.26. The fraction of sp³-hybridized carbons (Fsp3) is 0.556. The number of rotatable bonds is 3. The number of pyridine rings is 1. The smallest absolute Gasteiger partial charge is 0.251 e. The second kappa shape index (κ2) is 7.31. The third-order valence-electron chi connectivity index (χ3n) is 5.14. The quantitative estimate of drug-likeness (QED) is 0.919. The van der Waals surface area contributed by atoms with Crippen molar-refractivity contribution in [2.24, 2.45) is 0 Å². The van der Waals surface area contributed by atoms with Gasteiger partial charge in [-0.25, -0.2) is 0 Å². The van der Waals surface area contributed by atoms with Gasteiger partial charge < -0.3 is 14.6 Å². The molecule has 1 unspecified atom stereocenters. The predicted molar refractivity (Wildman–Crippen MR) is 91.2 cm³/mol. The van der Waals surface area contributed by atoms with Gasteiger partial charge in [-0.05, 0) is 37.8 Å². The van der Waals surface area contributed by atoms with E-state index in [4.69, 9.17) is 4.74 Å². The first kappa shape index (κ1) is 16.2. The van der Waals surface area contributed by atoms with Gasteiger partial charge in [-0.15, -0.1) is 10.2 Å². The van der Waals surface area contributed by atoms with Crippen LogP contribution in [0, 0.1) is 0 Å². The van der Waals surface area contributed by atoms with Gasteiger partial charge in [0.1, 0.15) is 11.6 Å². The van der Waals surface area contributed by atoms with Gasteiger partial charge in [0.25, 0.3) is 5.91 Å². The Labute approximate surface area is 146 Å². The van der Waals surface area contributed by atoms with E-state index in [0.29, 0.717) is 11.5 Å². The van der Waals surface area contributed by atoms with Crippen LogP contribution in [-0.4, -0.2) is 44.9 Å². The van der Waals surface area contributed by atoms with E-state index in [0.717, 1.165) is 63.5 Å². The molecule has 0 radical (unpaired) electrons. The molecule has 1 amide bonds. The van der Waals surface area contributed by atoms with Crippen LogP contribution in [0.15, 0.2) is 24.5 Å². The fourth-order valence-corrected chi connectivity index (χ4v) is 3.68. The van der Waals surface area contributed by atoms with Gasteiger partial charge in [-0.1, -0.05) is 0 Å². The Morgan fingerprint density at radius 1 is 1.12 bits per heavy atom. The number of ether oxygens (including phenoxy) is 1. The van der Waals surface area contributed by atoms with Crippen LogP contribution in [0.5, 0.6) is 0 Å². The van der Waals surface area contributed by atoms with Gasteiger partial charge >= 0.3 is 0 Å². The lowest BCUT2D eigenvalue weighted by Crippen LogP contribution is -2.35. The minimum Gasteiger partial charge on any atom is -0.381 e. The number of aryl methyl sites for hydroxylation is 1. The minimum atomic E-state index is -0.0327. The zero-order valence-electron chi connectivity index (χ0n) is 14.2. The first-order chi connectivity index (χ1) is 12.3. The van der Waals surface area contributed by atoms with Crippen molar-refractivity contribution in [2.45, 2.75) is 50.6 Å². The second-order valence-corrected chi connectivity index (χ2v) is 6.75. The second-order valence-electron chi connectivity index (χ2n) is 6.75. The lowest BCUT2D eigenvalue weighted by molar-refractivity contribution is 0.0826. The summed E-state index contributed by atoms with van der Waals surface area (Å²) in [4.78, 5) is 16.3. The summed E-state index contributed by atoms with van der Waals surface area (Å²) in [5, 5.41) is 12.0. The van der Waals surface area contributed by atoms with Gasteiger partial charge in [-0.2, -0.15) is 0 Å². The molecule has 0 aliphatic carbocycles. The van der Waals surface area contributed by atoms with Crippen LogP contribution in [0.1, 0.15) is 53.6 Å². The van der Waals surface area contributed by atoms with Crippen LogP contribution >= 0.6 is 0 Å². The minimum absolute atomic E-state index is 0.0327. The monoisotopic (exact) mass is 341 g/mol. The Morgan fingerprint density at radius 2 is 1.92 bits per heavy atom. The summed E-state index contributed by atoms with van der Waals surface area (Å²) < 4.78 is 7.73. The van der Waals surface area contributed by atoms with Crippen LogP contribution in [-0.2, 0) is 17.7 Å². The number of fused-ring (bicyclic) bond motifs is 1. The normalized spacial score (nSPS) is 21.4. The number of nitrogens with zero attached hydrogens (tertiary/aromatic N) is 4. The number of hydrogen-bond acceptors (Lipinski definition) is 5. The molecule has 25 heavy (non-hydrogen) atoms. The van der Waals surface area contributed by atoms with E-state index in [2.05, 4.69) is 25.1 Å². The molecule has 132 valence electrons. The number of aromatic nitrogens is 4. The molecule has 1 saturated heterocycles. The number of hydrogen-bond donors (Lipinski definition) is 1. The maximum atomic E-state index is 12.4. The summed E-state index contributed by atoms with van der Waals surface area (Å²) in [5.74, 6) is 2.55. The average molecular weight is 341 g/mol. The summed E-state index contributed by atoms with van der Waals surface area (Å²) in [5.41, 5.74) is 0.654. The summed E-state index contributed by atoms with van der Waals surface area (Å²) in [7, 11) is 0. The predicted octanol–water partition coefficient (Wildman–Crippen LogP) is 1.70. The van der Waals surface area contributed by atoms with Crippen LogP contribution in [0.3, 0.4) is 0 Å². The van der Waals surface area contributed by atoms with Crippen LogP contribution in [0.4, 0.5) is 0 Å². The van der Waals surface area contributed by atoms with E-state index in [1.807, 2.05) is 0 Å². The number of amides is 1. The van der Waals surface area contributed by atoms with Crippen molar-refractivity contribution >= 4 is 5.91 Å². The van der Waals surface area contributed by atoms with Crippen molar-refractivity contribution in [2.75, 3.05) is 13.2 Å². The van der Waals surface area contributed by atoms with Crippen molar-refractivity contribution < 1.29 is 9.53 Å². The molecule has 0 bridgehead atoms. The zero-order chi connectivity index (χ0) is 17.1. The number of carbonyl (C=O) groups is 1. The van der Waals surface area contributed by atoms with Crippen molar-refractivity contribution in [1.82, 2.24) is 25.1 Å². The lowest BCUT2D eigenvalue weighted by Gasteiger charge is -2.22. The Balaban J connectivity index is 1.42. The standard InChI is InChI=1S/C18H23N5O2/c24-18(14-3-8-19-9-4-14)20-15-1-2-16-21-22-17(23(16)10-5-15)13-6-11-25-12-7-13/h3-4,8-9,13,15H,1-2,5-7,10-12H2,(H,20,24). The Hall–Kier alpha value is -2.28. The Morgan fingerprint density at radius 3 is 2.72 bits per heavy atom. The summed E-state index contributed by atoms with van der Waals surface area (Å²) in [6.07, 6.45) is 7.95. The molecule has 1 N–H and O–H groups in total. The highest BCUT2D eigenvalue weighted by atomic mass is 16.5. The highest BCUT2D eigenvalue weighted by molar-refractivity contribution is 5.94. The number of nitrogens with one attached hydrogen (secondary N) is 1. The molecule has 0 aromatic carbocycles. The third kappa shape index (κ3) is 3.56. The van der Waals surface area contributed by atoms with E-state index >= 15 is 0 Å². The molecule has 7 heteroatoms. The summed E-state index contributed by atoms with van der Waals surface area (Å²) in [6, 6.07) is 3.64. The molecule has 0 spiro atoms. The van der Waals surface area contributed by atoms with E-state index in [-0.39, 0.29) is 11.9 Å². The van der Waals surface area contributed by atoms with E-state index in [1.165, 1.54) is 0 Å².